The van der Waals surface area contributed by atoms with Gasteiger partial charge in [-0.3, -0.25) is 13.9 Å². The molecule has 0 spiro atoms. The van der Waals surface area contributed by atoms with E-state index in [2.05, 4.69) is 67.1 Å². The second-order valence-electron chi connectivity index (χ2n) is 8.48. The van der Waals surface area contributed by atoms with Crippen molar-refractivity contribution in [3.63, 3.8) is 0 Å². The first-order valence-electron chi connectivity index (χ1n) is 11.6. The number of anilines is 2. The van der Waals surface area contributed by atoms with E-state index in [-0.39, 0.29) is 0 Å². The molecule has 0 N–H and O–H groups in total. The lowest BCUT2D eigenvalue weighted by Gasteiger charge is -2.37. The van der Waals surface area contributed by atoms with E-state index in [1.807, 2.05) is 36.7 Å². The Bertz CT molecular complexity index is 1250. The van der Waals surface area contributed by atoms with Gasteiger partial charge in [0.05, 0.1) is 21.7 Å². The number of pyridine rings is 1. The van der Waals surface area contributed by atoms with Crippen LogP contribution in [0, 0.1) is 0 Å². The van der Waals surface area contributed by atoms with Gasteiger partial charge in [0.25, 0.3) is 0 Å². The molecule has 0 saturated carbocycles. The van der Waals surface area contributed by atoms with Gasteiger partial charge in [-0.1, -0.05) is 41.9 Å². The molecule has 0 atom stereocenters. The molecule has 1 fully saturated rings. The summed E-state index contributed by atoms with van der Waals surface area (Å²) in [5, 5.41) is 0.643. The minimum atomic E-state index is 0.643. The molecule has 34 heavy (non-hydrogen) atoms. The normalized spacial score (nSPS) is 14.6. The Kier molecular flexibility index (Phi) is 6.94. The molecule has 5 rings (SSSR count). The number of benzene rings is 2. The van der Waals surface area contributed by atoms with Crippen molar-refractivity contribution in [3.8, 4) is 11.5 Å². The zero-order valence-electron chi connectivity index (χ0n) is 19.6. The largest absolute Gasteiger partial charge is 0.372 e. The van der Waals surface area contributed by atoms with Crippen molar-refractivity contribution in [2.45, 2.75) is 0 Å². The van der Waals surface area contributed by atoms with Crippen molar-refractivity contribution in [2.24, 2.45) is 0 Å². The van der Waals surface area contributed by atoms with Crippen LogP contribution in [0.4, 0.5) is 11.4 Å². The van der Waals surface area contributed by atoms with E-state index in [1.165, 1.54) is 5.69 Å². The summed E-state index contributed by atoms with van der Waals surface area (Å²) >= 11 is 8.52. The fourth-order valence-electron chi connectivity index (χ4n) is 4.50. The summed E-state index contributed by atoms with van der Waals surface area (Å²) in [6, 6.07) is 20.8. The first-order valence-corrected chi connectivity index (χ1v) is 13.1. The van der Waals surface area contributed by atoms with E-state index in [4.69, 9.17) is 16.6 Å². The lowest BCUT2D eigenvalue weighted by Crippen LogP contribution is -2.48. The van der Waals surface area contributed by atoms with Gasteiger partial charge in [0, 0.05) is 64.5 Å². The van der Waals surface area contributed by atoms with Crippen LogP contribution in [-0.2, 0) is 0 Å². The summed E-state index contributed by atoms with van der Waals surface area (Å²) in [6.07, 6.45) is 3.87. The molecule has 0 amide bonds. The predicted octanol–water partition coefficient (Wildman–Crippen LogP) is 5.14. The lowest BCUT2D eigenvalue weighted by atomic mass is 10.2. The highest BCUT2D eigenvalue weighted by Gasteiger charge is 2.21. The number of hydrogen-bond acceptors (Lipinski definition) is 6. The lowest BCUT2D eigenvalue weighted by molar-refractivity contribution is 0.264. The highest BCUT2D eigenvalue weighted by molar-refractivity contribution is 7.97. The van der Waals surface area contributed by atoms with Crippen LogP contribution in [0.25, 0.3) is 22.6 Å². The van der Waals surface area contributed by atoms with Crippen molar-refractivity contribution >= 4 is 46.0 Å². The van der Waals surface area contributed by atoms with Gasteiger partial charge in [-0.05, 0) is 42.3 Å². The van der Waals surface area contributed by atoms with E-state index in [1.54, 1.807) is 11.9 Å². The molecule has 2 aromatic carbocycles. The summed E-state index contributed by atoms with van der Waals surface area (Å²) < 4.78 is 2.10. The van der Waals surface area contributed by atoms with Gasteiger partial charge in [0.2, 0.25) is 0 Å². The summed E-state index contributed by atoms with van der Waals surface area (Å²) in [6.45, 7) is 6.13. The Morgan fingerprint density at radius 1 is 0.971 bits per heavy atom. The van der Waals surface area contributed by atoms with Crippen LogP contribution < -0.4 is 9.80 Å². The number of piperazine rings is 1. The minimum absolute atomic E-state index is 0.643. The molecule has 0 unspecified atom stereocenters. The first kappa shape index (κ1) is 23.0. The van der Waals surface area contributed by atoms with Crippen LogP contribution in [0.5, 0.6) is 0 Å². The van der Waals surface area contributed by atoms with E-state index < -0.39 is 0 Å². The Morgan fingerprint density at radius 2 is 1.71 bits per heavy atom. The van der Waals surface area contributed by atoms with E-state index in [0.29, 0.717) is 10.7 Å². The molecule has 1 saturated heterocycles. The van der Waals surface area contributed by atoms with Gasteiger partial charge < -0.3 is 9.80 Å². The van der Waals surface area contributed by atoms with Crippen molar-refractivity contribution in [2.75, 3.05) is 62.4 Å². The summed E-state index contributed by atoms with van der Waals surface area (Å²) in [4.78, 5) is 16.7. The minimum Gasteiger partial charge on any atom is -0.372 e. The summed E-state index contributed by atoms with van der Waals surface area (Å²) in [5.41, 5.74) is 5.02. The molecule has 1 aliphatic rings. The zero-order valence-corrected chi connectivity index (χ0v) is 21.1. The Labute approximate surface area is 210 Å². The molecule has 2 aromatic heterocycles. The maximum Gasteiger partial charge on any atom is 0.171 e. The number of para-hydroxylation sites is 3. The van der Waals surface area contributed by atoms with Crippen LogP contribution >= 0.6 is 23.5 Å². The molecule has 1 aliphatic heterocycles. The van der Waals surface area contributed by atoms with Gasteiger partial charge in [-0.15, -0.1) is 0 Å². The fraction of sp³-hybridized carbons (Fsp3) is 0.308. The van der Waals surface area contributed by atoms with Crippen molar-refractivity contribution < 1.29 is 0 Å². The quantitative estimate of drug-likeness (QED) is 0.356. The molecule has 176 valence electrons. The van der Waals surface area contributed by atoms with Gasteiger partial charge in [-0.2, -0.15) is 0 Å². The Morgan fingerprint density at radius 3 is 2.47 bits per heavy atom. The van der Waals surface area contributed by atoms with E-state index in [0.717, 1.165) is 61.8 Å². The predicted molar refractivity (Wildman–Crippen MR) is 145 cm³/mol. The topological polar surface area (TPSA) is 40.4 Å². The molecular weight excluding hydrogens is 464 g/mol. The van der Waals surface area contributed by atoms with E-state index >= 15 is 0 Å². The molecule has 8 heteroatoms. The maximum atomic E-state index is 6.92. The van der Waals surface area contributed by atoms with Crippen LogP contribution in [0.15, 0.2) is 66.9 Å². The molecule has 4 aromatic rings. The molecular formula is C26H29ClN6S. The van der Waals surface area contributed by atoms with Crippen molar-refractivity contribution in [1.82, 2.24) is 18.8 Å². The average Bonchev–Trinajstić information content (AvgIpc) is 3.26. The summed E-state index contributed by atoms with van der Waals surface area (Å²) in [7, 11) is 2.10. The smallest absolute Gasteiger partial charge is 0.171 e. The number of imidazole rings is 1. The molecule has 0 radical (unpaired) electrons. The Hall–Kier alpha value is -2.74. The number of fused-ring (bicyclic) bond motifs is 1. The maximum absolute atomic E-state index is 6.92. The standard InChI is InChI=1S/C26H29ClN6S/c1-30(14-15-31-16-18-32(19-17-31)20-8-4-3-5-9-20)23-12-13-28-25(24(23)27)26-29-21-10-6-7-11-22(21)33(26)34-2/h3-13H,14-19H2,1-2H3. The highest BCUT2D eigenvalue weighted by Crippen LogP contribution is 2.36. The number of hydrogen-bond donors (Lipinski definition) is 0. The first-order chi connectivity index (χ1) is 16.7. The second kappa shape index (κ2) is 10.3. The molecule has 6 nitrogen and oxygen atoms in total. The fourth-order valence-corrected chi connectivity index (χ4v) is 5.49. The van der Waals surface area contributed by atoms with Crippen LogP contribution in [0.2, 0.25) is 5.02 Å². The number of halogens is 1. The highest BCUT2D eigenvalue weighted by atomic mass is 35.5. The van der Waals surface area contributed by atoms with Crippen molar-refractivity contribution in [3.05, 3.63) is 71.9 Å². The van der Waals surface area contributed by atoms with Gasteiger partial charge in [0.1, 0.15) is 5.69 Å². The van der Waals surface area contributed by atoms with Crippen molar-refractivity contribution in [1.29, 1.82) is 0 Å². The van der Waals surface area contributed by atoms with Crippen LogP contribution in [-0.4, -0.2) is 71.4 Å². The summed E-state index contributed by atoms with van der Waals surface area (Å²) in [5.74, 6) is 0.783. The molecule has 3 heterocycles. The van der Waals surface area contributed by atoms with Gasteiger partial charge in [0.15, 0.2) is 5.82 Å². The third-order valence-electron chi connectivity index (χ3n) is 6.44. The van der Waals surface area contributed by atoms with Gasteiger partial charge in [-0.25, -0.2) is 4.98 Å². The number of nitrogens with zero attached hydrogens (tertiary/aromatic N) is 6. The Balaban J connectivity index is 1.27. The van der Waals surface area contributed by atoms with Crippen LogP contribution in [0.1, 0.15) is 0 Å². The average molecular weight is 493 g/mol. The third-order valence-corrected chi connectivity index (χ3v) is 7.55. The van der Waals surface area contributed by atoms with Crippen LogP contribution in [0.3, 0.4) is 0 Å². The SMILES string of the molecule is CSn1c(-c2nccc(N(C)CCN3CCN(c4ccccc4)CC3)c2Cl)nc2ccccc21. The third kappa shape index (κ3) is 4.60. The number of likely N-dealkylation sites (N-methyl/N-ethyl adjacent to an activating group) is 1. The van der Waals surface area contributed by atoms with E-state index in [9.17, 15) is 0 Å². The second-order valence-corrected chi connectivity index (χ2v) is 9.59. The number of rotatable bonds is 7. The number of aromatic nitrogens is 3. The monoisotopic (exact) mass is 492 g/mol. The molecule has 0 aliphatic carbocycles. The van der Waals surface area contributed by atoms with Gasteiger partial charge >= 0.3 is 0 Å². The zero-order chi connectivity index (χ0) is 23.5. The molecule has 0 bridgehead atoms.